The summed E-state index contributed by atoms with van der Waals surface area (Å²) in [5.74, 6) is 0.0663. The highest BCUT2D eigenvalue weighted by Gasteiger charge is 2.50. The molecular formula is C35H47N3O2SSi. The van der Waals surface area contributed by atoms with Crippen LogP contribution in [0.15, 0.2) is 71.1 Å². The van der Waals surface area contributed by atoms with E-state index in [1.54, 1.807) is 0 Å². The Hall–Kier alpha value is -2.58. The Kier molecular flexibility index (Phi) is 9.24. The second kappa shape index (κ2) is 12.6. The van der Waals surface area contributed by atoms with Crippen LogP contribution in [0.4, 0.5) is 0 Å². The Bertz CT molecular complexity index is 1470. The molecule has 0 saturated carbocycles. The van der Waals surface area contributed by atoms with Crippen molar-refractivity contribution in [1.82, 2.24) is 9.29 Å². The van der Waals surface area contributed by atoms with Crippen LogP contribution < -0.4 is 14.8 Å². The smallest absolute Gasteiger partial charge is 0.259 e. The predicted molar refractivity (Wildman–Crippen MR) is 179 cm³/mol. The molecule has 0 bridgehead atoms. The Morgan fingerprint density at radius 1 is 0.881 bits per heavy atom. The number of hydrogen-bond acceptors (Lipinski definition) is 3. The average Bonchev–Trinajstić information content (AvgIpc) is 3.61. The molecule has 0 heterocycles. The predicted octanol–water partition coefficient (Wildman–Crippen LogP) is 5.22. The first-order valence-electron chi connectivity index (χ1n) is 15.5. The minimum absolute atomic E-state index is 0.249. The molecule has 224 valence electrons. The lowest BCUT2D eigenvalue weighted by molar-refractivity contribution is -0.117. The topological polar surface area (TPSA) is 61.8 Å². The number of aryl methyl sites for hydroxylation is 2. The number of fused-ring (bicyclic) bond motifs is 2. The van der Waals surface area contributed by atoms with Crippen molar-refractivity contribution in [3.05, 3.63) is 94.5 Å². The SMILES string of the molecule is CN(C)CCCS(=O)(=NC(=O)Cc1c2c(cc3c1CCC3)CCC2)N[Si](c1ccccc1)(c1ccccc1)C(C)(C)C. The van der Waals surface area contributed by atoms with Gasteiger partial charge in [-0.25, -0.2) is 8.60 Å². The number of benzene rings is 3. The number of carbonyl (C=O) groups excluding carboxylic acids is 1. The fraction of sp³-hybridized carbons (Fsp3) is 0.457. The van der Waals surface area contributed by atoms with Gasteiger partial charge >= 0.3 is 0 Å². The van der Waals surface area contributed by atoms with Crippen molar-refractivity contribution >= 4 is 34.4 Å². The first kappa shape index (κ1) is 30.9. The summed E-state index contributed by atoms with van der Waals surface area (Å²) in [6.07, 6.45) is 7.48. The largest absolute Gasteiger partial charge is 0.309 e. The highest BCUT2D eigenvalue weighted by molar-refractivity contribution is 7.93. The summed E-state index contributed by atoms with van der Waals surface area (Å²) in [5, 5.41) is 2.02. The van der Waals surface area contributed by atoms with Gasteiger partial charge in [-0.3, -0.25) is 4.79 Å². The van der Waals surface area contributed by atoms with Crippen LogP contribution >= 0.6 is 0 Å². The van der Waals surface area contributed by atoms with Gasteiger partial charge in [-0.05, 0) is 109 Å². The maximum absolute atomic E-state index is 15.2. The van der Waals surface area contributed by atoms with Crippen LogP contribution in [0.1, 0.15) is 67.9 Å². The quantitative estimate of drug-likeness (QED) is 0.324. The molecule has 3 aromatic carbocycles. The Balaban J connectivity index is 1.61. The highest BCUT2D eigenvalue weighted by Crippen LogP contribution is 2.37. The van der Waals surface area contributed by atoms with Crippen molar-refractivity contribution in [3.63, 3.8) is 0 Å². The molecule has 0 aromatic heterocycles. The number of amides is 1. The molecule has 1 amide bonds. The molecule has 3 aromatic rings. The standard InChI is InChI=1S/C35H47N3O2SSi/c1-35(2,3)42(29-17-8-6-9-18-29,30-19-10-7-11-20-30)37-41(40,24-14-23-38(4)5)36-34(39)26-33-31-21-12-15-27(31)25-28-16-13-22-32(28)33/h6-11,17-20,25H,12-16,21-24,26H2,1-5H3,(H,36,37,39,40). The third-order valence-corrected chi connectivity index (χ3v) is 17.5. The second-order valence-electron chi connectivity index (χ2n) is 13.3. The molecule has 0 radical (unpaired) electrons. The number of nitrogens with zero attached hydrogens (tertiary/aromatic N) is 2. The molecule has 5 nitrogen and oxygen atoms in total. The van der Waals surface area contributed by atoms with E-state index >= 15 is 4.21 Å². The zero-order valence-corrected chi connectivity index (χ0v) is 27.9. The second-order valence-corrected chi connectivity index (χ2v) is 20.2. The molecule has 2 aliphatic rings. The first-order valence-corrected chi connectivity index (χ1v) is 19.2. The van der Waals surface area contributed by atoms with Crippen LogP contribution in [0.3, 0.4) is 0 Å². The van der Waals surface area contributed by atoms with Crippen LogP contribution in [0, 0.1) is 0 Å². The molecular weight excluding hydrogens is 555 g/mol. The van der Waals surface area contributed by atoms with Crippen molar-refractivity contribution in [2.45, 2.75) is 77.2 Å². The fourth-order valence-electron chi connectivity index (χ4n) is 7.11. The molecule has 1 atom stereocenters. The number of hydrogen-bond donors (Lipinski definition) is 1. The Morgan fingerprint density at radius 2 is 1.40 bits per heavy atom. The summed E-state index contributed by atoms with van der Waals surface area (Å²) in [5.41, 5.74) is 6.73. The van der Waals surface area contributed by atoms with E-state index in [-0.39, 0.29) is 17.4 Å². The number of carbonyl (C=O) groups is 1. The van der Waals surface area contributed by atoms with Crippen LogP contribution in [-0.4, -0.2) is 49.6 Å². The summed E-state index contributed by atoms with van der Waals surface area (Å²) in [6, 6.07) is 23.3. The molecule has 7 heteroatoms. The maximum Gasteiger partial charge on any atom is 0.259 e. The summed E-state index contributed by atoms with van der Waals surface area (Å²) >= 11 is 0. The van der Waals surface area contributed by atoms with Crippen LogP contribution in [-0.2, 0) is 46.8 Å². The third-order valence-electron chi connectivity index (χ3n) is 9.05. The Morgan fingerprint density at radius 3 is 1.88 bits per heavy atom. The average molecular weight is 602 g/mol. The van der Waals surface area contributed by atoms with E-state index in [2.05, 4.69) is 84.7 Å². The third kappa shape index (κ3) is 6.35. The van der Waals surface area contributed by atoms with Gasteiger partial charge in [0.25, 0.3) is 5.91 Å². The van der Waals surface area contributed by atoms with Crippen molar-refractivity contribution in [1.29, 1.82) is 0 Å². The lowest BCUT2D eigenvalue weighted by atomic mass is 9.92. The summed E-state index contributed by atoms with van der Waals surface area (Å²) in [7, 11) is -2.00. The van der Waals surface area contributed by atoms with Gasteiger partial charge in [0.2, 0.25) is 8.24 Å². The zero-order chi connectivity index (χ0) is 30.0. The van der Waals surface area contributed by atoms with Gasteiger partial charge < -0.3 is 4.90 Å². The van der Waals surface area contributed by atoms with Crippen LogP contribution in [0.5, 0.6) is 0 Å². The summed E-state index contributed by atoms with van der Waals surface area (Å²) in [4.78, 5) is 16.1. The van der Waals surface area contributed by atoms with Gasteiger partial charge in [-0.2, -0.15) is 0 Å². The zero-order valence-electron chi connectivity index (χ0n) is 26.0. The van der Waals surface area contributed by atoms with E-state index in [0.717, 1.165) is 55.4 Å². The number of rotatable bonds is 10. The maximum atomic E-state index is 15.2. The van der Waals surface area contributed by atoms with E-state index in [1.165, 1.54) is 27.8 Å². The van der Waals surface area contributed by atoms with E-state index in [1.807, 2.05) is 26.2 Å². The molecule has 5 rings (SSSR count). The highest BCUT2D eigenvalue weighted by atomic mass is 32.2. The van der Waals surface area contributed by atoms with Gasteiger partial charge in [-0.15, -0.1) is 4.36 Å². The molecule has 42 heavy (non-hydrogen) atoms. The molecule has 1 N–H and O–H groups in total. The van der Waals surface area contributed by atoms with Gasteiger partial charge in [0.05, 0.1) is 6.42 Å². The fourth-order valence-corrected chi connectivity index (χ4v) is 16.2. The molecule has 2 aliphatic carbocycles. The van der Waals surface area contributed by atoms with Crippen molar-refractivity contribution in [2.24, 2.45) is 4.36 Å². The first-order chi connectivity index (χ1) is 20.0. The van der Waals surface area contributed by atoms with Crippen molar-refractivity contribution in [2.75, 3.05) is 26.4 Å². The van der Waals surface area contributed by atoms with Gasteiger partial charge in [0.1, 0.15) is 9.92 Å². The van der Waals surface area contributed by atoms with Crippen molar-refractivity contribution in [3.8, 4) is 0 Å². The lowest BCUT2D eigenvalue weighted by Crippen LogP contribution is -2.75. The molecule has 0 spiro atoms. The lowest BCUT2D eigenvalue weighted by Gasteiger charge is -2.44. The van der Waals surface area contributed by atoms with Crippen LogP contribution in [0.2, 0.25) is 5.04 Å². The number of nitrogens with one attached hydrogen (secondary N) is 1. The van der Waals surface area contributed by atoms with Gasteiger partial charge in [0, 0.05) is 5.75 Å². The molecule has 0 saturated heterocycles. The van der Waals surface area contributed by atoms with Crippen LogP contribution in [0.25, 0.3) is 0 Å². The minimum Gasteiger partial charge on any atom is -0.309 e. The van der Waals surface area contributed by atoms with E-state index in [4.69, 9.17) is 4.36 Å². The molecule has 0 aliphatic heterocycles. The Labute approximate surface area is 254 Å². The normalized spacial score (nSPS) is 16.2. The van der Waals surface area contributed by atoms with E-state index in [9.17, 15) is 4.79 Å². The summed E-state index contributed by atoms with van der Waals surface area (Å²) in [6.45, 7) is 7.46. The molecule has 1 unspecified atom stereocenters. The molecule has 0 fully saturated rings. The van der Waals surface area contributed by atoms with E-state index < -0.39 is 18.2 Å². The van der Waals surface area contributed by atoms with Gasteiger partial charge in [0.15, 0.2) is 0 Å². The van der Waals surface area contributed by atoms with Crippen molar-refractivity contribution < 1.29 is 9.00 Å². The summed E-state index contributed by atoms with van der Waals surface area (Å²) < 4.78 is 23.6. The van der Waals surface area contributed by atoms with Gasteiger partial charge in [-0.1, -0.05) is 87.5 Å². The van der Waals surface area contributed by atoms with E-state index in [0.29, 0.717) is 12.2 Å². The minimum atomic E-state index is -3.11. The monoisotopic (exact) mass is 601 g/mol.